The largest absolute Gasteiger partial charge is 0.497 e. The molecule has 0 saturated heterocycles. The SMILES string of the molecule is CCCCCNC(=O)c1ccc(NCc2ccc(OC)cc2)nn1. The van der Waals surface area contributed by atoms with E-state index in [-0.39, 0.29) is 5.91 Å². The number of hydrogen-bond acceptors (Lipinski definition) is 5. The van der Waals surface area contributed by atoms with Crippen LogP contribution in [-0.4, -0.2) is 29.8 Å². The molecule has 6 nitrogen and oxygen atoms in total. The molecule has 2 aromatic rings. The van der Waals surface area contributed by atoms with Gasteiger partial charge in [-0.05, 0) is 36.2 Å². The average molecular weight is 328 g/mol. The van der Waals surface area contributed by atoms with Crippen LogP contribution in [0.5, 0.6) is 5.75 Å². The van der Waals surface area contributed by atoms with Gasteiger partial charge in [0.05, 0.1) is 7.11 Å². The Bertz CT molecular complexity index is 626. The number of nitrogens with zero attached hydrogens (tertiary/aromatic N) is 2. The topological polar surface area (TPSA) is 76.1 Å². The molecule has 128 valence electrons. The van der Waals surface area contributed by atoms with Crippen molar-refractivity contribution in [1.29, 1.82) is 0 Å². The zero-order valence-electron chi connectivity index (χ0n) is 14.2. The normalized spacial score (nSPS) is 10.2. The van der Waals surface area contributed by atoms with Crippen LogP contribution in [0.2, 0.25) is 0 Å². The molecule has 2 N–H and O–H groups in total. The second-order valence-electron chi connectivity index (χ2n) is 5.47. The summed E-state index contributed by atoms with van der Waals surface area (Å²) in [5.41, 5.74) is 1.44. The molecule has 1 heterocycles. The highest BCUT2D eigenvalue weighted by Gasteiger charge is 2.07. The highest BCUT2D eigenvalue weighted by molar-refractivity contribution is 5.92. The zero-order chi connectivity index (χ0) is 17.2. The first-order chi connectivity index (χ1) is 11.7. The molecule has 6 heteroatoms. The number of nitrogens with one attached hydrogen (secondary N) is 2. The van der Waals surface area contributed by atoms with Crippen molar-refractivity contribution in [2.75, 3.05) is 19.0 Å². The second-order valence-corrected chi connectivity index (χ2v) is 5.47. The van der Waals surface area contributed by atoms with E-state index in [9.17, 15) is 4.79 Å². The number of amides is 1. The van der Waals surface area contributed by atoms with Crippen molar-refractivity contribution in [3.05, 3.63) is 47.7 Å². The highest BCUT2D eigenvalue weighted by Crippen LogP contribution is 2.12. The molecule has 0 unspecified atom stereocenters. The number of benzene rings is 1. The van der Waals surface area contributed by atoms with Crippen LogP contribution in [-0.2, 0) is 6.54 Å². The van der Waals surface area contributed by atoms with E-state index in [0.29, 0.717) is 24.6 Å². The van der Waals surface area contributed by atoms with Crippen LogP contribution in [0.1, 0.15) is 42.2 Å². The summed E-state index contributed by atoms with van der Waals surface area (Å²) in [5, 5.41) is 14.0. The van der Waals surface area contributed by atoms with Crippen LogP contribution >= 0.6 is 0 Å². The van der Waals surface area contributed by atoms with Crippen molar-refractivity contribution in [2.24, 2.45) is 0 Å². The number of hydrogen-bond donors (Lipinski definition) is 2. The lowest BCUT2D eigenvalue weighted by Gasteiger charge is -2.07. The quantitative estimate of drug-likeness (QED) is 0.692. The minimum atomic E-state index is -0.180. The fourth-order valence-corrected chi connectivity index (χ4v) is 2.15. The lowest BCUT2D eigenvalue weighted by Crippen LogP contribution is -2.25. The van der Waals surface area contributed by atoms with E-state index in [1.807, 2.05) is 24.3 Å². The first-order valence-corrected chi connectivity index (χ1v) is 8.21. The summed E-state index contributed by atoms with van der Waals surface area (Å²) >= 11 is 0. The Hall–Kier alpha value is -2.63. The molecule has 0 saturated carbocycles. The van der Waals surface area contributed by atoms with Crippen LogP contribution in [0, 0.1) is 0 Å². The van der Waals surface area contributed by atoms with Gasteiger partial charge in [-0.25, -0.2) is 0 Å². The minimum Gasteiger partial charge on any atom is -0.497 e. The van der Waals surface area contributed by atoms with E-state index in [4.69, 9.17) is 4.74 Å². The van der Waals surface area contributed by atoms with Gasteiger partial charge >= 0.3 is 0 Å². The number of anilines is 1. The first kappa shape index (κ1) is 17.7. The molecular formula is C18H24N4O2. The Morgan fingerprint density at radius 1 is 1.08 bits per heavy atom. The third-order valence-corrected chi connectivity index (χ3v) is 3.60. The fourth-order valence-electron chi connectivity index (χ4n) is 2.15. The van der Waals surface area contributed by atoms with Crippen LogP contribution in [0.25, 0.3) is 0 Å². The van der Waals surface area contributed by atoms with Crippen LogP contribution in [0.3, 0.4) is 0 Å². The van der Waals surface area contributed by atoms with E-state index in [1.54, 1.807) is 19.2 Å². The second kappa shape index (κ2) is 9.50. The number of ether oxygens (including phenoxy) is 1. The molecule has 1 aromatic heterocycles. The van der Waals surface area contributed by atoms with Gasteiger partial charge in [-0.3, -0.25) is 4.79 Å². The Morgan fingerprint density at radius 2 is 1.88 bits per heavy atom. The van der Waals surface area contributed by atoms with Crippen LogP contribution < -0.4 is 15.4 Å². The molecule has 0 spiro atoms. The molecule has 1 aromatic carbocycles. The Labute approximate surface area is 142 Å². The van der Waals surface area contributed by atoms with E-state index < -0.39 is 0 Å². The summed E-state index contributed by atoms with van der Waals surface area (Å²) < 4.78 is 5.13. The predicted octanol–water partition coefficient (Wildman–Crippen LogP) is 3.02. The van der Waals surface area contributed by atoms with Gasteiger partial charge in [-0.15, -0.1) is 10.2 Å². The Kier molecular flexibility index (Phi) is 7.01. The summed E-state index contributed by atoms with van der Waals surface area (Å²) in [6.07, 6.45) is 3.22. The van der Waals surface area contributed by atoms with Crippen molar-refractivity contribution in [2.45, 2.75) is 32.7 Å². The highest BCUT2D eigenvalue weighted by atomic mass is 16.5. The van der Waals surface area contributed by atoms with Gasteiger partial charge in [0.25, 0.3) is 5.91 Å². The van der Waals surface area contributed by atoms with Gasteiger partial charge in [-0.2, -0.15) is 0 Å². The van der Waals surface area contributed by atoms with E-state index in [1.165, 1.54) is 0 Å². The van der Waals surface area contributed by atoms with E-state index in [2.05, 4.69) is 27.8 Å². The predicted molar refractivity (Wildman–Crippen MR) is 94.2 cm³/mol. The smallest absolute Gasteiger partial charge is 0.271 e. The summed E-state index contributed by atoms with van der Waals surface area (Å²) in [7, 11) is 1.64. The molecule has 0 radical (unpaired) electrons. The maximum Gasteiger partial charge on any atom is 0.271 e. The lowest BCUT2D eigenvalue weighted by molar-refractivity contribution is 0.0947. The third kappa shape index (κ3) is 5.53. The average Bonchev–Trinajstić information content (AvgIpc) is 2.64. The Morgan fingerprint density at radius 3 is 2.50 bits per heavy atom. The number of unbranched alkanes of at least 4 members (excludes halogenated alkanes) is 2. The van der Waals surface area contributed by atoms with E-state index in [0.717, 1.165) is 30.6 Å². The van der Waals surface area contributed by atoms with Crippen LogP contribution in [0.4, 0.5) is 5.82 Å². The van der Waals surface area contributed by atoms with Gasteiger partial charge < -0.3 is 15.4 Å². The molecule has 1 amide bonds. The van der Waals surface area contributed by atoms with Crippen LogP contribution in [0.15, 0.2) is 36.4 Å². The maximum absolute atomic E-state index is 11.9. The van der Waals surface area contributed by atoms with E-state index >= 15 is 0 Å². The van der Waals surface area contributed by atoms with Gasteiger partial charge in [0.2, 0.25) is 0 Å². The summed E-state index contributed by atoms with van der Waals surface area (Å²) in [4.78, 5) is 11.9. The van der Waals surface area contributed by atoms with Crippen molar-refractivity contribution in [3.8, 4) is 5.75 Å². The summed E-state index contributed by atoms with van der Waals surface area (Å²) in [6, 6.07) is 11.2. The van der Waals surface area contributed by atoms with Gasteiger partial charge in [0.15, 0.2) is 5.69 Å². The molecule has 24 heavy (non-hydrogen) atoms. The maximum atomic E-state index is 11.9. The van der Waals surface area contributed by atoms with Gasteiger partial charge in [0, 0.05) is 13.1 Å². The summed E-state index contributed by atoms with van der Waals surface area (Å²) in [6.45, 7) is 3.43. The fraction of sp³-hybridized carbons (Fsp3) is 0.389. The number of carbonyl (C=O) groups is 1. The monoisotopic (exact) mass is 328 g/mol. The first-order valence-electron chi connectivity index (χ1n) is 8.21. The molecule has 0 aliphatic heterocycles. The van der Waals surface area contributed by atoms with Gasteiger partial charge in [-0.1, -0.05) is 31.9 Å². The molecule has 0 bridgehead atoms. The third-order valence-electron chi connectivity index (χ3n) is 3.60. The van der Waals surface area contributed by atoms with Gasteiger partial charge in [0.1, 0.15) is 11.6 Å². The number of aromatic nitrogens is 2. The molecule has 0 aliphatic rings. The molecule has 0 atom stereocenters. The molecular weight excluding hydrogens is 304 g/mol. The molecule has 2 rings (SSSR count). The number of rotatable bonds is 9. The standard InChI is InChI=1S/C18H24N4O2/c1-3-4-5-12-19-18(23)16-10-11-17(22-21-16)20-13-14-6-8-15(24-2)9-7-14/h6-11H,3-5,12-13H2,1-2H3,(H,19,23)(H,20,22). The molecule has 0 fully saturated rings. The minimum absolute atomic E-state index is 0.180. The number of carbonyl (C=O) groups excluding carboxylic acids is 1. The zero-order valence-corrected chi connectivity index (χ0v) is 14.2. The Balaban J connectivity index is 1.81. The molecule has 0 aliphatic carbocycles. The van der Waals surface area contributed by atoms with Crippen molar-refractivity contribution >= 4 is 11.7 Å². The number of methoxy groups -OCH3 is 1. The van der Waals surface area contributed by atoms with Crippen molar-refractivity contribution in [1.82, 2.24) is 15.5 Å². The summed E-state index contributed by atoms with van der Waals surface area (Å²) in [5.74, 6) is 1.28. The van der Waals surface area contributed by atoms with Crippen molar-refractivity contribution < 1.29 is 9.53 Å². The lowest BCUT2D eigenvalue weighted by atomic mass is 10.2. The van der Waals surface area contributed by atoms with Crippen molar-refractivity contribution in [3.63, 3.8) is 0 Å².